The molecule has 0 aliphatic carbocycles. The van der Waals surface area contributed by atoms with Crippen molar-refractivity contribution in [3.63, 3.8) is 0 Å². The van der Waals surface area contributed by atoms with Crippen molar-refractivity contribution in [3.8, 4) is 34.3 Å². The number of aliphatic hydroxyl groups is 1. The van der Waals surface area contributed by atoms with Gasteiger partial charge in [0.2, 0.25) is 5.95 Å². The van der Waals surface area contributed by atoms with E-state index in [1.807, 2.05) is 30.3 Å². The molecule has 11 nitrogen and oxygen atoms in total. The first-order chi connectivity index (χ1) is 20.2. The van der Waals surface area contributed by atoms with Crippen LogP contribution in [0.1, 0.15) is 18.9 Å². The first-order valence-corrected chi connectivity index (χ1v) is 13.3. The molecule has 1 fully saturated rings. The fraction of sp³-hybridized carbons (Fsp3) is 0.267. The van der Waals surface area contributed by atoms with Crippen LogP contribution in [0.3, 0.4) is 0 Å². The van der Waals surface area contributed by atoms with Gasteiger partial charge in [0.15, 0.2) is 12.0 Å². The van der Waals surface area contributed by atoms with Gasteiger partial charge in [-0.1, -0.05) is 12.1 Å². The monoisotopic (exact) mass is 569 g/mol. The number of aromatic nitrogens is 4. The second-order valence-corrected chi connectivity index (χ2v) is 9.94. The molecule has 0 bridgehead atoms. The summed E-state index contributed by atoms with van der Waals surface area (Å²) in [6.45, 7) is 1.40. The standard InChI is InChI=1S/C30H28FN7O4/c1-18(39)29(41)38-12-10-26(24(31)16-38)42-25-8-5-21(13-22(25)15-32)28-33-17-34-30(36-28)35-23-6-3-19(4-7-23)20-9-11-37(2)27(40)14-20/h3-9,11,13-14,17-18,24,26,39H,10,12,16H2,1-2H3,(H,33,34,35,36)/t18-,24+,26-/m0/s1. The summed E-state index contributed by atoms with van der Waals surface area (Å²) < 4.78 is 22.2. The summed E-state index contributed by atoms with van der Waals surface area (Å²) in [6, 6.07) is 17.8. The molecule has 2 N–H and O–H groups in total. The van der Waals surface area contributed by atoms with Crippen LogP contribution in [-0.4, -0.2) is 66.9 Å². The predicted octanol–water partition coefficient (Wildman–Crippen LogP) is 3.22. The number of nitrogens with one attached hydrogen (secondary N) is 1. The quantitative estimate of drug-likeness (QED) is 0.342. The first kappa shape index (κ1) is 28.4. The zero-order valence-corrected chi connectivity index (χ0v) is 22.9. The number of nitrogens with zero attached hydrogens (tertiary/aromatic N) is 6. The van der Waals surface area contributed by atoms with Crippen LogP contribution in [0.2, 0.25) is 0 Å². The molecular formula is C30H28FN7O4. The minimum Gasteiger partial charge on any atom is -0.486 e. The van der Waals surface area contributed by atoms with Gasteiger partial charge in [0.25, 0.3) is 11.5 Å². The number of amides is 1. The number of carbonyl (C=O) groups is 1. The molecule has 3 atom stereocenters. The van der Waals surface area contributed by atoms with Crippen molar-refractivity contribution >= 4 is 17.5 Å². The number of hydrogen-bond donors (Lipinski definition) is 2. The average molecular weight is 570 g/mol. The normalized spacial score (nSPS) is 17.3. The number of halogens is 1. The molecule has 2 aromatic carbocycles. The maximum absolute atomic E-state index is 14.8. The summed E-state index contributed by atoms with van der Waals surface area (Å²) in [7, 11) is 1.70. The molecule has 1 aliphatic heterocycles. The molecule has 0 unspecified atom stereocenters. The van der Waals surface area contributed by atoms with Crippen LogP contribution in [0.5, 0.6) is 5.75 Å². The molecule has 0 radical (unpaired) electrons. The lowest BCUT2D eigenvalue weighted by Crippen LogP contribution is -2.51. The molecule has 12 heteroatoms. The fourth-order valence-electron chi connectivity index (χ4n) is 4.60. The fourth-order valence-corrected chi connectivity index (χ4v) is 4.60. The van der Waals surface area contributed by atoms with E-state index < -0.39 is 24.3 Å². The van der Waals surface area contributed by atoms with Crippen molar-refractivity contribution in [2.24, 2.45) is 7.05 Å². The van der Waals surface area contributed by atoms with Crippen molar-refractivity contribution in [3.05, 3.63) is 83.0 Å². The van der Waals surface area contributed by atoms with Crippen molar-refractivity contribution in [2.75, 3.05) is 18.4 Å². The number of aliphatic hydroxyl groups excluding tert-OH is 1. The van der Waals surface area contributed by atoms with E-state index in [1.54, 1.807) is 37.5 Å². The zero-order chi connectivity index (χ0) is 29.8. The summed E-state index contributed by atoms with van der Waals surface area (Å²) in [5.74, 6) is 0.300. The second-order valence-electron chi connectivity index (χ2n) is 9.94. The summed E-state index contributed by atoms with van der Waals surface area (Å²) in [4.78, 5) is 38.1. The summed E-state index contributed by atoms with van der Waals surface area (Å²) in [5.41, 5.74) is 3.06. The molecule has 0 spiro atoms. The Labute approximate surface area is 240 Å². The third-order valence-electron chi connectivity index (χ3n) is 6.94. The highest BCUT2D eigenvalue weighted by molar-refractivity contribution is 5.80. The highest BCUT2D eigenvalue weighted by Gasteiger charge is 2.34. The predicted molar refractivity (Wildman–Crippen MR) is 153 cm³/mol. The molecule has 214 valence electrons. The number of pyridine rings is 1. The highest BCUT2D eigenvalue weighted by atomic mass is 19.1. The summed E-state index contributed by atoms with van der Waals surface area (Å²) in [6.07, 6.45) is -0.217. The van der Waals surface area contributed by atoms with Gasteiger partial charge in [-0.15, -0.1) is 0 Å². The van der Waals surface area contributed by atoms with E-state index in [-0.39, 0.29) is 36.4 Å². The average Bonchev–Trinajstić information content (AvgIpc) is 3.00. The Morgan fingerprint density at radius 2 is 1.90 bits per heavy atom. The lowest BCUT2D eigenvalue weighted by atomic mass is 10.0. The summed E-state index contributed by atoms with van der Waals surface area (Å²) in [5, 5.41) is 22.4. The maximum atomic E-state index is 14.8. The number of aryl methyl sites for hydroxylation is 1. The molecule has 3 heterocycles. The molecule has 4 aromatic rings. The van der Waals surface area contributed by atoms with Crippen molar-refractivity contribution in [2.45, 2.75) is 31.7 Å². The van der Waals surface area contributed by atoms with Crippen LogP contribution in [0.25, 0.3) is 22.5 Å². The Morgan fingerprint density at radius 1 is 1.14 bits per heavy atom. The van der Waals surface area contributed by atoms with Gasteiger partial charge in [-0.3, -0.25) is 9.59 Å². The van der Waals surface area contributed by atoms with Crippen LogP contribution < -0.4 is 15.6 Å². The Balaban J connectivity index is 1.27. The molecule has 0 saturated carbocycles. The summed E-state index contributed by atoms with van der Waals surface area (Å²) >= 11 is 0. The lowest BCUT2D eigenvalue weighted by molar-refractivity contribution is -0.143. The van der Waals surface area contributed by atoms with Crippen LogP contribution in [0.4, 0.5) is 16.0 Å². The number of ether oxygens (including phenoxy) is 1. The Kier molecular flexibility index (Phi) is 8.21. The number of benzene rings is 2. The van der Waals surface area contributed by atoms with E-state index >= 15 is 0 Å². The van der Waals surface area contributed by atoms with E-state index in [4.69, 9.17) is 4.74 Å². The van der Waals surface area contributed by atoms with Gasteiger partial charge in [-0.05, 0) is 54.4 Å². The van der Waals surface area contributed by atoms with E-state index in [9.17, 15) is 24.3 Å². The molecule has 1 aliphatic rings. The van der Waals surface area contributed by atoms with Crippen LogP contribution in [0, 0.1) is 11.3 Å². The SMILES string of the molecule is C[C@H](O)C(=O)N1CC[C@H](Oc2ccc(-c3ncnc(Nc4ccc(-c5ccn(C)c(=O)c5)cc4)n3)cc2C#N)[C@H](F)C1. The molecule has 1 amide bonds. The molecular weight excluding hydrogens is 541 g/mol. The zero-order valence-electron chi connectivity index (χ0n) is 22.9. The number of likely N-dealkylation sites (tertiary alicyclic amines) is 1. The number of rotatable bonds is 7. The minimum atomic E-state index is -1.47. The molecule has 5 rings (SSSR count). The van der Waals surface area contributed by atoms with Gasteiger partial charge in [0, 0.05) is 43.5 Å². The lowest BCUT2D eigenvalue weighted by Gasteiger charge is -2.35. The maximum Gasteiger partial charge on any atom is 0.251 e. The Hall–Kier alpha value is -5.15. The van der Waals surface area contributed by atoms with Crippen molar-refractivity contribution in [1.29, 1.82) is 5.26 Å². The molecule has 2 aromatic heterocycles. The van der Waals surface area contributed by atoms with Gasteiger partial charge < -0.3 is 24.6 Å². The van der Waals surface area contributed by atoms with Gasteiger partial charge in [0.05, 0.1) is 12.1 Å². The van der Waals surface area contributed by atoms with Gasteiger partial charge in [-0.25, -0.2) is 14.4 Å². The van der Waals surface area contributed by atoms with Crippen LogP contribution in [-0.2, 0) is 11.8 Å². The van der Waals surface area contributed by atoms with Gasteiger partial charge in [0.1, 0.15) is 30.4 Å². The smallest absolute Gasteiger partial charge is 0.251 e. The largest absolute Gasteiger partial charge is 0.486 e. The Morgan fingerprint density at radius 3 is 2.60 bits per heavy atom. The van der Waals surface area contributed by atoms with E-state index in [2.05, 4.69) is 26.3 Å². The van der Waals surface area contributed by atoms with Crippen LogP contribution in [0.15, 0.2) is 71.9 Å². The highest BCUT2D eigenvalue weighted by Crippen LogP contribution is 2.29. The number of alkyl halides is 1. The minimum absolute atomic E-state index is 0.0925. The van der Waals surface area contributed by atoms with E-state index in [0.717, 1.165) is 16.8 Å². The number of carbonyl (C=O) groups excluding carboxylic acids is 1. The third kappa shape index (κ3) is 6.26. The van der Waals surface area contributed by atoms with E-state index in [0.29, 0.717) is 17.3 Å². The van der Waals surface area contributed by atoms with Gasteiger partial charge >= 0.3 is 0 Å². The van der Waals surface area contributed by atoms with E-state index in [1.165, 1.54) is 22.7 Å². The number of nitriles is 1. The van der Waals surface area contributed by atoms with Crippen molar-refractivity contribution < 1.29 is 19.0 Å². The molecule has 1 saturated heterocycles. The first-order valence-electron chi connectivity index (χ1n) is 13.3. The topological polar surface area (TPSA) is 146 Å². The Bertz CT molecular complexity index is 1700. The molecule has 42 heavy (non-hydrogen) atoms. The second kappa shape index (κ2) is 12.2. The number of hydrogen-bond acceptors (Lipinski definition) is 9. The van der Waals surface area contributed by atoms with Crippen molar-refractivity contribution in [1.82, 2.24) is 24.4 Å². The van der Waals surface area contributed by atoms with Crippen LogP contribution >= 0.6 is 0 Å². The third-order valence-corrected chi connectivity index (χ3v) is 6.94. The van der Waals surface area contributed by atoms with Gasteiger partial charge in [-0.2, -0.15) is 10.2 Å². The number of piperidine rings is 1. The number of anilines is 2.